The third kappa shape index (κ3) is 4.29. The summed E-state index contributed by atoms with van der Waals surface area (Å²) < 4.78 is 13.4. The highest BCUT2D eigenvalue weighted by molar-refractivity contribution is 7.99. The standard InChI is InChI=1S/C35H38O7S/c1-33-12-11-23(38)15-22(33)9-10-26-27-16-30-35(29(40)19-37,34(27,2)17-28(39)31(26)33)42-32(41-30)21-6-4-8-25(14-21)43-24-7-3-5-20(13-24)18-36/h3-8,11-15,26-28,30-32,36-37,39H,9-10,16-19H2,1-2H3/t26-,27-,28-,30+,31+,32+,33-,34-,35+/m0/s1. The van der Waals surface area contributed by atoms with Crippen molar-refractivity contribution >= 4 is 23.3 Å². The Labute approximate surface area is 256 Å². The first-order valence-electron chi connectivity index (χ1n) is 15.2. The molecule has 0 bridgehead atoms. The van der Waals surface area contributed by atoms with Crippen LogP contribution in [0.4, 0.5) is 0 Å². The zero-order valence-corrected chi connectivity index (χ0v) is 25.3. The maximum Gasteiger partial charge on any atom is 0.193 e. The summed E-state index contributed by atoms with van der Waals surface area (Å²) in [6.45, 7) is 3.49. The number of allylic oxidation sites excluding steroid dienone is 4. The average molecular weight is 603 g/mol. The summed E-state index contributed by atoms with van der Waals surface area (Å²) in [5, 5.41) is 31.6. The van der Waals surface area contributed by atoms with E-state index in [0.717, 1.165) is 39.3 Å². The van der Waals surface area contributed by atoms with Crippen LogP contribution in [-0.4, -0.2) is 51.3 Å². The highest BCUT2D eigenvalue weighted by atomic mass is 32.2. The van der Waals surface area contributed by atoms with E-state index >= 15 is 0 Å². The van der Waals surface area contributed by atoms with Crippen molar-refractivity contribution in [2.45, 2.75) is 80.0 Å². The number of rotatable bonds is 6. The molecular formula is C35H38O7S. The number of hydrogen-bond donors (Lipinski definition) is 3. The Morgan fingerprint density at radius 3 is 2.63 bits per heavy atom. The van der Waals surface area contributed by atoms with Gasteiger partial charge in [0.15, 0.2) is 23.5 Å². The van der Waals surface area contributed by atoms with Crippen LogP contribution in [0.15, 0.2) is 82.1 Å². The van der Waals surface area contributed by atoms with Gasteiger partial charge in [-0.15, -0.1) is 0 Å². The predicted molar refractivity (Wildman–Crippen MR) is 160 cm³/mol. The molecule has 0 amide bonds. The van der Waals surface area contributed by atoms with Gasteiger partial charge in [-0.3, -0.25) is 9.59 Å². The third-order valence-electron chi connectivity index (χ3n) is 11.2. The minimum atomic E-state index is -1.38. The number of ketones is 2. The highest BCUT2D eigenvalue weighted by Gasteiger charge is 2.75. The van der Waals surface area contributed by atoms with Gasteiger partial charge in [0.1, 0.15) is 6.61 Å². The first-order chi connectivity index (χ1) is 20.6. The van der Waals surface area contributed by atoms with Gasteiger partial charge in [0, 0.05) is 32.1 Å². The van der Waals surface area contributed by atoms with Crippen molar-refractivity contribution in [3.05, 3.63) is 83.5 Å². The second kappa shape index (κ2) is 10.5. The molecule has 2 aromatic rings. The van der Waals surface area contributed by atoms with Crippen molar-refractivity contribution in [1.29, 1.82) is 0 Å². The molecule has 3 N–H and O–H groups in total. The fraction of sp³-hybridized carbons (Fsp3) is 0.486. The highest BCUT2D eigenvalue weighted by Crippen LogP contribution is 2.70. The first kappa shape index (κ1) is 29.1. The first-order valence-corrected chi connectivity index (χ1v) is 16.0. The Kier molecular flexibility index (Phi) is 7.12. The minimum absolute atomic E-state index is 0.00190. The van der Waals surface area contributed by atoms with Gasteiger partial charge in [-0.25, -0.2) is 0 Å². The van der Waals surface area contributed by atoms with Crippen molar-refractivity contribution in [1.82, 2.24) is 0 Å². The molecule has 1 aliphatic heterocycles. The SMILES string of the molecule is C[C@]12C=CC(=O)C=C1CC[C@@H]1[C@@H]2[C@@H](O)C[C@@]2(C)[C@H]1C[C@H]1O[C@@H](c3cccc(Sc4cccc(CO)c4)c3)O[C@]12C(=O)CO. The number of aliphatic hydroxyl groups excluding tert-OH is 3. The van der Waals surface area contributed by atoms with Crippen molar-refractivity contribution < 1.29 is 34.4 Å². The molecule has 0 unspecified atom stereocenters. The zero-order chi connectivity index (χ0) is 30.1. The molecule has 4 aliphatic carbocycles. The number of benzene rings is 2. The number of fused-ring (bicyclic) bond motifs is 7. The fourth-order valence-corrected chi connectivity index (χ4v) is 10.4. The summed E-state index contributed by atoms with van der Waals surface area (Å²) in [5.41, 5.74) is 0.175. The molecule has 43 heavy (non-hydrogen) atoms. The molecule has 3 saturated carbocycles. The van der Waals surface area contributed by atoms with Gasteiger partial charge < -0.3 is 24.8 Å². The number of ether oxygens (including phenoxy) is 2. The second-order valence-electron chi connectivity index (χ2n) is 13.3. The summed E-state index contributed by atoms with van der Waals surface area (Å²) in [4.78, 5) is 27.9. The molecule has 5 aliphatic rings. The fourth-order valence-electron chi connectivity index (χ4n) is 9.40. The molecule has 1 heterocycles. The Balaban J connectivity index is 1.20. The average Bonchev–Trinajstić information content (AvgIpc) is 3.50. The van der Waals surface area contributed by atoms with E-state index in [1.54, 1.807) is 23.9 Å². The van der Waals surface area contributed by atoms with Crippen molar-refractivity contribution in [3.8, 4) is 0 Å². The van der Waals surface area contributed by atoms with Crippen LogP contribution in [0.3, 0.4) is 0 Å². The van der Waals surface area contributed by atoms with E-state index in [4.69, 9.17) is 9.47 Å². The Morgan fingerprint density at radius 1 is 1.09 bits per heavy atom. The molecule has 226 valence electrons. The predicted octanol–water partition coefficient (Wildman–Crippen LogP) is 4.93. The van der Waals surface area contributed by atoms with E-state index in [1.165, 1.54) is 0 Å². The Hall–Kier alpha value is -2.59. The molecule has 0 spiro atoms. The molecule has 0 aromatic heterocycles. The van der Waals surface area contributed by atoms with Gasteiger partial charge in [-0.05, 0) is 79.5 Å². The van der Waals surface area contributed by atoms with Crippen LogP contribution >= 0.6 is 11.8 Å². The van der Waals surface area contributed by atoms with E-state index in [1.807, 2.05) is 61.5 Å². The van der Waals surface area contributed by atoms with Gasteiger partial charge in [0.2, 0.25) is 0 Å². The molecule has 0 radical (unpaired) electrons. The molecule has 4 fully saturated rings. The van der Waals surface area contributed by atoms with Crippen molar-refractivity contribution in [2.24, 2.45) is 28.6 Å². The normalized spacial score (nSPS) is 39.5. The summed E-state index contributed by atoms with van der Waals surface area (Å²) in [6.07, 6.45) is 5.83. The molecule has 2 aromatic carbocycles. The molecule has 8 heteroatoms. The van der Waals surface area contributed by atoms with Crippen LogP contribution in [0.1, 0.15) is 56.9 Å². The van der Waals surface area contributed by atoms with Gasteiger partial charge in [0.25, 0.3) is 0 Å². The monoisotopic (exact) mass is 602 g/mol. The second-order valence-corrected chi connectivity index (χ2v) is 14.5. The third-order valence-corrected chi connectivity index (χ3v) is 12.2. The maximum atomic E-state index is 13.8. The minimum Gasteiger partial charge on any atom is -0.393 e. The van der Waals surface area contributed by atoms with Gasteiger partial charge >= 0.3 is 0 Å². The lowest BCUT2D eigenvalue weighted by atomic mass is 9.46. The number of Topliss-reactive ketones (excluding diaryl/α,β-unsaturated/α-hetero) is 1. The Bertz CT molecular complexity index is 1530. The van der Waals surface area contributed by atoms with E-state index in [2.05, 4.69) is 6.92 Å². The number of hydrogen-bond acceptors (Lipinski definition) is 8. The Morgan fingerprint density at radius 2 is 1.86 bits per heavy atom. The number of carbonyl (C=O) groups excluding carboxylic acids is 2. The molecule has 9 atom stereocenters. The van der Waals surface area contributed by atoms with Crippen LogP contribution in [0, 0.1) is 28.6 Å². The number of carbonyl (C=O) groups is 2. The summed E-state index contributed by atoms with van der Waals surface area (Å²) >= 11 is 1.57. The largest absolute Gasteiger partial charge is 0.393 e. The number of aliphatic hydroxyl groups is 3. The lowest BCUT2D eigenvalue weighted by molar-refractivity contribution is -0.201. The lowest BCUT2D eigenvalue weighted by Gasteiger charge is -2.59. The van der Waals surface area contributed by atoms with Gasteiger partial charge in [0.05, 0.1) is 18.8 Å². The van der Waals surface area contributed by atoms with Crippen LogP contribution in [-0.2, 0) is 25.7 Å². The van der Waals surface area contributed by atoms with E-state index in [9.17, 15) is 24.9 Å². The van der Waals surface area contributed by atoms with Crippen LogP contribution in [0.5, 0.6) is 0 Å². The smallest absolute Gasteiger partial charge is 0.193 e. The lowest BCUT2D eigenvalue weighted by Crippen LogP contribution is -2.63. The summed E-state index contributed by atoms with van der Waals surface area (Å²) in [7, 11) is 0. The van der Waals surface area contributed by atoms with E-state index in [0.29, 0.717) is 12.8 Å². The van der Waals surface area contributed by atoms with Crippen LogP contribution in [0.2, 0.25) is 0 Å². The van der Waals surface area contributed by atoms with E-state index in [-0.39, 0.29) is 30.1 Å². The molecular weight excluding hydrogens is 564 g/mol. The molecule has 7 rings (SSSR count). The van der Waals surface area contributed by atoms with Crippen LogP contribution < -0.4 is 0 Å². The van der Waals surface area contributed by atoms with Gasteiger partial charge in [-0.1, -0.05) is 61.5 Å². The van der Waals surface area contributed by atoms with Crippen LogP contribution in [0.25, 0.3) is 0 Å². The zero-order valence-electron chi connectivity index (χ0n) is 24.4. The summed E-state index contributed by atoms with van der Waals surface area (Å²) in [6, 6.07) is 15.6. The molecule has 7 nitrogen and oxygen atoms in total. The topological polar surface area (TPSA) is 113 Å². The quantitative estimate of drug-likeness (QED) is 0.427. The summed E-state index contributed by atoms with van der Waals surface area (Å²) in [5.74, 6) is -0.315. The van der Waals surface area contributed by atoms with E-state index < -0.39 is 47.3 Å². The maximum absolute atomic E-state index is 13.8. The molecule has 1 saturated heterocycles. The van der Waals surface area contributed by atoms with Crippen molar-refractivity contribution in [2.75, 3.05) is 6.61 Å². The van der Waals surface area contributed by atoms with Crippen molar-refractivity contribution in [3.63, 3.8) is 0 Å². The van der Waals surface area contributed by atoms with Gasteiger partial charge in [-0.2, -0.15) is 0 Å².